The molecule has 0 fully saturated rings. The number of ether oxygens (including phenoxy) is 4. The maximum absolute atomic E-state index is 14.0. The molecule has 2 N–H and O–H groups in total. The van der Waals surface area contributed by atoms with Crippen LogP contribution in [0.2, 0.25) is 0 Å². The predicted octanol–water partition coefficient (Wildman–Crippen LogP) is 8.96. The number of pyridine rings is 2. The average molecular weight is 765 g/mol. The number of nitro groups is 2. The molecule has 2 aliphatic rings. The molecule has 284 valence electrons. The lowest BCUT2D eigenvalue weighted by Crippen LogP contribution is -2.20. The van der Waals surface area contributed by atoms with Crippen molar-refractivity contribution >= 4 is 11.4 Å². The van der Waals surface area contributed by atoms with Gasteiger partial charge in [-0.25, -0.2) is 18.7 Å². The molecular formula is C40H30F2N4O10. The van der Waals surface area contributed by atoms with Crippen LogP contribution in [0, 0.1) is 31.9 Å². The molecule has 0 radical (unpaired) electrons. The number of hydrogen-bond acceptors (Lipinski definition) is 12. The Labute approximate surface area is 316 Å². The number of aromatic nitrogens is 2. The van der Waals surface area contributed by atoms with E-state index in [1.807, 2.05) is 0 Å². The van der Waals surface area contributed by atoms with Crippen molar-refractivity contribution in [3.63, 3.8) is 0 Å². The summed E-state index contributed by atoms with van der Waals surface area (Å²) in [6.07, 6.45) is -0.294. The Kier molecular flexibility index (Phi) is 10.7. The van der Waals surface area contributed by atoms with Crippen LogP contribution in [0.4, 0.5) is 20.2 Å². The van der Waals surface area contributed by atoms with Gasteiger partial charge in [0.25, 0.3) is 11.4 Å². The van der Waals surface area contributed by atoms with Crippen LogP contribution in [0.1, 0.15) is 59.5 Å². The highest BCUT2D eigenvalue weighted by molar-refractivity contribution is 5.46. The van der Waals surface area contributed by atoms with Crippen molar-refractivity contribution in [2.45, 2.75) is 37.3 Å². The lowest BCUT2D eigenvalue weighted by Gasteiger charge is -2.30. The molecule has 8 rings (SSSR count). The number of hydrogen-bond donors (Lipinski definition) is 2. The van der Waals surface area contributed by atoms with E-state index in [4.69, 9.17) is 18.9 Å². The Morgan fingerprint density at radius 2 is 1.00 bits per heavy atom. The second-order valence-electron chi connectivity index (χ2n) is 12.6. The summed E-state index contributed by atoms with van der Waals surface area (Å²) in [7, 11) is 0. The maximum Gasteiger partial charge on any atom is 0.287 e. The van der Waals surface area contributed by atoms with Gasteiger partial charge in [0.2, 0.25) is 11.8 Å². The number of nitrogens with zero attached hydrogens (tertiary/aromatic N) is 4. The number of halogens is 2. The van der Waals surface area contributed by atoms with Gasteiger partial charge in [-0.3, -0.25) is 20.2 Å². The molecule has 4 aromatic carbocycles. The minimum absolute atomic E-state index is 0.138. The van der Waals surface area contributed by atoms with E-state index in [1.165, 1.54) is 36.4 Å². The third-order valence-electron chi connectivity index (χ3n) is 8.91. The van der Waals surface area contributed by atoms with Crippen molar-refractivity contribution in [2.75, 3.05) is 0 Å². The standard InChI is InChI=1S/2C20H15FN2O5/c2*21-16-4-2-1-3-14(16)19-10-17(24)15-9-13(6-7-18(15)28-19)27-20-8-5-12(11-22-20)23(25)26/h2*1-9,11,17,19,24H,10H2. The normalized spacial score (nSPS) is 18.1. The first-order valence-electron chi connectivity index (χ1n) is 17.0. The van der Waals surface area contributed by atoms with E-state index in [0.717, 1.165) is 12.4 Å². The summed E-state index contributed by atoms with van der Waals surface area (Å²) in [4.78, 5) is 28.0. The van der Waals surface area contributed by atoms with Gasteiger partial charge in [0.15, 0.2) is 0 Å². The number of aliphatic hydroxyl groups excluding tert-OH is 2. The fourth-order valence-electron chi connectivity index (χ4n) is 6.15. The highest BCUT2D eigenvalue weighted by Gasteiger charge is 2.31. The van der Waals surface area contributed by atoms with Crippen molar-refractivity contribution in [1.82, 2.24) is 9.97 Å². The topological polar surface area (TPSA) is 189 Å². The Bertz CT molecular complexity index is 2220. The summed E-state index contributed by atoms with van der Waals surface area (Å²) in [5, 5.41) is 42.4. The van der Waals surface area contributed by atoms with Gasteiger partial charge in [0.05, 0.1) is 22.1 Å². The summed E-state index contributed by atoms with van der Waals surface area (Å²) < 4.78 is 51.0. The third kappa shape index (κ3) is 8.36. The van der Waals surface area contributed by atoms with Crippen molar-refractivity contribution in [3.05, 3.63) is 176 Å². The SMILES string of the molecule is O=[N+]([O-])c1ccc(Oc2ccc3c(c2)C(O)CC(c2ccccc2F)O3)nc1.O=[N+]([O-])c1ccc(Oc2ccc3c(c2)C(O)CC(c2ccccc2F)O3)nc1. The molecule has 0 amide bonds. The Morgan fingerprint density at radius 3 is 1.36 bits per heavy atom. The summed E-state index contributed by atoms with van der Waals surface area (Å²) in [5.41, 5.74) is 1.55. The van der Waals surface area contributed by atoms with E-state index in [2.05, 4.69) is 9.97 Å². The van der Waals surface area contributed by atoms with Crippen LogP contribution in [0.15, 0.2) is 122 Å². The zero-order valence-corrected chi connectivity index (χ0v) is 29.0. The molecule has 2 aliphatic heterocycles. The van der Waals surface area contributed by atoms with E-state index in [9.17, 15) is 39.2 Å². The van der Waals surface area contributed by atoms with Gasteiger partial charge in [0, 0.05) is 59.4 Å². The molecule has 0 saturated heterocycles. The second kappa shape index (κ2) is 16.1. The fourth-order valence-corrected chi connectivity index (χ4v) is 6.15. The van der Waals surface area contributed by atoms with Crippen LogP contribution >= 0.6 is 0 Å². The monoisotopic (exact) mass is 764 g/mol. The summed E-state index contributed by atoms with van der Waals surface area (Å²) in [6, 6.07) is 27.7. The van der Waals surface area contributed by atoms with Gasteiger partial charge < -0.3 is 29.2 Å². The summed E-state index contributed by atoms with van der Waals surface area (Å²) in [6.45, 7) is 0. The summed E-state index contributed by atoms with van der Waals surface area (Å²) >= 11 is 0. The van der Waals surface area contributed by atoms with Gasteiger partial charge in [-0.2, -0.15) is 0 Å². The van der Waals surface area contributed by atoms with E-state index in [0.29, 0.717) is 45.3 Å². The highest BCUT2D eigenvalue weighted by atomic mass is 19.1. The Balaban J connectivity index is 0.000000172. The number of rotatable bonds is 8. The average Bonchev–Trinajstić information content (AvgIpc) is 3.19. The minimum atomic E-state index is -0.860. The molecular weight excluding hydrogens is 734 g/mol. The second-order valence-corrected chi connectivity index (χ2v) is 12.6. The smallest absolute Gasteiger partial charge is 0.287 e. The number of benzene rings is 4. The van der Waals surface area contributed by atoms with Crippen molar-refractivity contribution < 1.29 is 47.8 Å². The van der Waals surface area contributed by atoms with Crippen LogP contribution in [0.3, 0.4) is 0 Å². The number of fused-ring (bicyclic) bond motifs is 2. The predicted molar refractivity (Wildman–Crippen MR) is 194 cm³/mol. The van der Waals surface area contributed by atoms with E-state index in [1.54, 1.807) is 72.8 Å². The molecule has 2 aromatic heterocycles. The van der Waals surface area contributed by atoms with Gasteiger partial charge in [-0.05, 0) is 48.5 Å². The molecule has 0 saturated carbocycles. The summed E-state index contributed by atoms with van der Waals surface area (Å²) in [5.74, 6) is 1.27. The zero-order chi connectivity index (χ0) is 39.3. The Hall–Kier alpha value is -7.04. The van der Waals surface area contributed by atoms with Crippen molar-refractivity contribution in [2.24, 2.45) is 0 Å². The van der Waals surface area contributed by atoms with Crippen LogP contribution < -0.4 is 18.9 Å². The third-order valence-corrected chi connectivity index (χ3v) is 8.91. The molecule has 0 aliphatic carbocycles. The van der Waals surface area contributed by atoms with E-state index < -0.39 is 34.3 Å². The molecule has 0 bridgehead atoms. The van der Waals surface area contributed by atoms with Gasteiger partial charge >= 0.3 is 0 Å². The number of aliphatic hydroxyl groups is 2. The first-order valence-corrected chi connectivity index (χ1v) is 17.0. The molecule has 16 heteroatoms. The van der Waals surface area contributed by atoms with E-state index in [-0.39, 0.29) is 47.6 Å². The molecule has 4 heterocycles. The lowest BCUT2D eigenvalue weighted by molar-refractivity contribution is -0.385. The molecule has 4 unspecified atom stereocenters. The molecule has 0 spiro atoms. The van der Waals surface area contributed by atoms with Crippen LogP contribution in [-0.4, -0.2) is 30.0 Å². The van der Waals surface area contributed by atoms with Gasteiger partial charge in [0.1, 0.15) is 59.2 Å². The highest BCUT2D eigenvalue weighted by Crippen LogP contribution is 2.44. The van der Waals surface area contributed by atoms with Crippen LogP contribution in [-0.2, 0) is 0 Å². The fraction of sp³-hybridized carbons (Fsp3) is 0.150. The van der Waals surface area contributed by atoms with E-state index >= 15 is 0 Å². The largest absolute Gasteiger partial charge is 0.485 e. The van der Waals surface area contributed by atoms with Crippen LogP contribution in [0.5, 0.6) is 34.8 Å². The van der Waals surface area contributed by atoms with Crippen molar-refractivity contribution in [3.8, 4) is 34.8 Å². The first-order chi connectivity index (χ1) is 27.0. The lowest BCUT2D eigenvalue weighted by atomic mass is 9.94. The molecule has 4 atom stereocenters. The van der Waals surface area contributed by atoms with Gasteiger partial charge in [-0.1, -0.05) is 36.4 Å². The molecule has 14 nitrogen and oxygen atoms in total. The Morgan fingerprint density at radius 1 is 0.589 bits per heavy atom. The zero-order valence-electron chi connectivity index (χ0n) is 29.0. The molecule has 56 heavy (non-hydrogen) atoms. The first kappa shape index (κ1) is 37.3. The van der Waals surface area contributed by atoms with Gasteiger partial charge in [-0.15, -0.1) is 0 Å². The maximum atomic E-state index is 14.0. The quantitative estimate of drug-likeness (QED) is 0.111. The minimum Gasteiger partial charge on any atom is -0.485 e. The molecule has 6 aromatic rings. The van der Waals surface area contributed by atoms with Crippen molar-refractivity contribution in [1.29, 1.82) is 0 Å². The van der Waals surface area contributed by atoms with Crippen LogP contribution in [0.25, 0.3) is 0 Å².